The molecule has 0 atom stereocenters. The molecule has 0 N–H and O–H groups in total. The van der Waals surface area contributed by atoms with E-state index in [0.717, 1.165) is 9.87 Å². The fourth-order valence-corrected chi connectivity index (χ4v) is 3.27. The summed E-state index contributed by atoms with van der Waals surface area (Å²) in [6.45, 7) is 1.05. The third-order valence-electron chi connectivity index (χ3n) is 2.71. The number of methoxy groups -OCH3 is 1. The average molecular weight is 307 g/mol. The van der Waals surface area contributed by atoms with Gasteiger partial charge in [0.15, 0.2) is 0 Å². The second-order valence-electron chi connectivity index (χ2n) is 4.49. The van der Waals surface area contributed by atoms with E-state index in [9.17, 15) is 17.2 Å². The molecule has 7 heteroatoms. The quantitative estimate of drug-likeness (QED) is 0.738. The van der Waals surface area contributed by atoms with Crippen molar-refractivity contribution in [3.63, 3.8) is 0 Å². The van der Waals surface area contributed by atoms with Gasteiger partial charge in [-0.25, -0.2) is 17.2 Å². The molecule has 0 amide bonds. The zero-order chi connectivity index (χ0) is 15.2. The van der Waals surface area contributed by atoms with Crippen LogP contribution in [-0.4, -0.2) is 46.0 Å². The molecule has 1 aromatic rings. The SMILES string of the molecule is COCCN(CC(F)F)S(=O)(=O)Cc1cccc(C)c1. The zero-order valence-electron chi connectivity index (χ0n) is 11.6. The van der Waals surface area contributed by atoms with Crippen molar-refractivity contribution in [2.24, 2.45) is 0 Å². The highest BCUT2D eigenvalue weighted by Crippen LogP contribution is 2.14. The summed E-state index contributed by atoms with van der Waals surface area (Å²) in [5.74, 6) is -0.287. The molecule has 4 nitrogen and oxygen atoms in total. The van der Waals surface area contributed by atoms with Crippen LogP contribution in [0, 0.1) is 6.92 Å². The fraction of sp³-hybridized carbons (Fsp3) is 0.538. The second-order valence-corrected chi connectivity index (χ2v) is 6.46. The Morgan fingerprint density at radius 3 is 2.60 bits per heavy atom. The second kappa shape index (κ2) is 7.66. The standard InChI is InChI=1S/C13H19F2NO3S/c1-11-4-3-5-12(8-11)10-20(17,18)16(6-7-19-2)9-13(14)15/h3-5,8,13H,6-7,9-10H2,1-2H3. The molecule has 0 saturated carbocycles. The molecular weight excluding hydrogens is 288 g/mol. The lowest BCUT2D eigenvalue weighted by Gasteiger charge is -2.21. The fourth-order valence-electron chi connectivity index (χ4n) is 1.79. The minimum Gasteiger partial charge on any atom is -0.383 e. The highest BCUT2D eigenvalue weighted by atomic mass is 32.2. The predicted octanol–water partition coefficient (Wildman–Crippen LogP) is 2.04. The predicted molar refractivity (Wildman–Crippen MR) is 73.3 cm³/mol. The van der Waals surface area contributed by atoms with Gasteiger partial charge in [0.25, 0.3) is 6.43 Å². The number of sulfonamides is 1. The average Bonchev–Trinajstić information content (AvgIpc) is 2.33. The van der Waals surface area contributed by atoms with Gasteiger partial charge >= 0.3 is 0 Å². The van der Waals surface area contributed by atoms with Crippen molar-refractivity contribution < 1.29 is 21.9 Å². The van der Waals surface area contributed by atoms with Gasteiger partial charge in [0.05, 0.1) is 18.9 Å². The van der Waals surface area contributed by atoms with Crippen molar-refractivity contribution in [3.05, 3.63) is 35.4 Å². The number of alkyl halides is 2. The number of rotatable bonds is 8. The van der Waals surface area contributed by atoms with E-state index >= 15 is 0 Å². The maximum atomic E-state index is 12.5. The van der Waals surface area contributed by atoms with E-state index in [1.807, 2.05) is 13.0 Å². The molecule has 0 aliphatic rings. The summed E-state index contributed by atoms with van der Waals surface area (Å²) in [4.78, 5) is 0. The van der Waals surface area contributed by atoms with Crippen molar-refractivity contribution in [2.75, 3.05) is 26.8 Å². The van der Waals surface area contributed by atoms with E-state index in [0.29, 0.717) is 5.56 Å². The third-order valence-corrected chi connectivity index (χ3v) is 4.53. The lowest BCUT2D eigenvalue weighted by atomic mass is 10.2. The molecule has 0 spiro atoms. The smallest absolute Gasteiger partial charge is 0.252 e. The number of benzene rings is 1. The monoisotopic (exact) mass is 307 g/mol. The molecule has 0 saturated heterocycles. The first-order chi connectivity index (χ1) is 9.35. The lowest BCUT2D eigenvalue weighted by Crippen LogP contribution is -2.38. The van der Waals surface area contributed by atoms with Gasteiger partial charge in [-0.05, 0) is 12.5 Å². The van der Waals surface area contributed by atoms with E-state index in [1.54, 1.807) is 18.2 Å². The highest BCUT2D eigenvalue weighted by molar-refractivity contribution is 7.88. The van der Waals surface area contributed by atoms with E-state index in [2.05, 4.69) is 0 Å². The van der Waals surface area contributed by atoms with E-state index in [-0.39, 0.29) is 18.9 Å². The Kier molecular flexibility index (Phi) is 6.51. The summed E-state index contributed by atoms with van der Waals surface area (Å²) in [7, 11) is -2.39. The third kappa shape index (κ3) is 5.52. The Morgan fingerprint density at radius 1 is 1.35 bits per heavy atom. The first kappa shape index (κ1) is 17.0. The lowest BCUT2D eigenvalue weighted by molar-refractivity contribution is 0.106. The highest BCUT2D eigenvalue weighted by Gasteiger charge is 2.25. The Hall–Kier alpha value is -1.05. The van der Waals surface area contributed by atoms with Gasteiger partial charge < -0.3 is 4.74 Å². The molecule has 0 aliphatic carbocycles. The summed E-state index contributed by atoms with van der Waals surface area (Å²) in [6, 6.07) is 6.99. The van der Waals surface area contributed by atoms with Crippen molar-refractivity contribution in [1.29, 1.82) is 0 Å². The van der Waals surface area contributed by atoms with Crippen LogP contribution in [-0.2, 0) is 20.5 Å². The molecule has 1 rings (SSSR count). The maximum absolute atomic E-state index is 12.5. The summed E-state index contributed by atoms with van der Waals surface area (Å²) in [5.41, 5.74) is 1.51. The van der Waals surface area contributed by atoms with Gasteiger partial charge in [-0.15, -0.1) is 0 Å². The molecule has 20 heavy (non-hydrogen) atoms. The van der Waals surface area contributed by atoms with Crippen LogP contribution in [0.5, 0.6) is 0 Å². The summed E-state index contributed by atoms with van der Waals surface area (Å²) >= 11 is 0. The van der Waals surface area contributed by atoms with E-state index in [4.69, 9.17) is 4.74 Å². The topological polar surface area (TPSA) is 46.6 Å². The van der Waals surface area contributed by atoms with Crippen LogP contribution >= 0.6 is 0 Å². The Morgan fingerprint density at radius 2 is 2.05 bits per heavy atom. The molecule has 0 aliphatic heterocycles. The minimum absolute atomic E-state index is 0.0744. The number of nitrogens with zero attached hydrogens (tertiary/aromatic N) is 1. The number of hydrogen-bond donors (Lipinski definition) is 0. The van der Waals surface area contributed by atoms with Crippen LogP contribution in [0.1, 0.15) is 11.1 Å². The molecule has 0 radical (unpaired) electrons. The van der Waals surface area contributed by atoms with Crippen LogP contribution in [0.2, 0.25) is 0 Å². The molecule has 0 aromatic heterocycles. The van der Waals surface area contributed by atoms with E-state index in [1.165, 1.54) is 7.11 Å². The van der Waals surface area contributed by atoms with Crippen LogP contribution < -0.4 is 0 Å². The molecule has 1 aromatic carbocycles. The van der Waals surface area contributed by atoms with Gasteiger partial charge in [-0.3, -0.25) is 0 Å². The van der Waals surface area contributed by atoms with Crippen molar-refractivity contribution in [3.8, 4) is 0 Å². The van der Waals surface area contributed by atoms with Crippen molar-refractivity contribution >= 4 is 10.0 Å². The molecule has 0 fully saturated rings. The molecule has 0 heterocycles. The Balaban J connectivity index is 2.86. The summed E-state index contributed by atoms with van der Waals surface area (Å²) < 4.78 is 54.9. The van der Waals surface area contributed by atoms with Gasteiger partial charge in [0.1, 0.15) is 0 Å². The van der Waals surface area contributed by atoms with Crippen LogP contribution in [0.25, 0.3) is 0 Å². The first-order valence-electron chi connectivity index (χ1n) is 6.15. The van der Waals surface area contributed by atoms with Gasteiger partial charge in [-0.1, -0.05) is 29.8 Å². The Labute approximate surface area is 118 Å². The van der Waals surface area contributed by atoms with Gasteiger partial charge in [0, 0.05) is 13.7 Å². The Bertz CT molecular complexity index is 520. The maximum Gasteiger partial charge on any atom is 0.252 e. The van der Waals surface area contributed by atoms with Gasteiger partial charge in [0.2, 0.25) is 10.0 Å². The van der Waals surface area contributed by atoms with E-state index < -0.39 is 23.0 Å². The molecule has 0 unspecified atom stereocenters. The number of halogens is 2. The number of ether oxygens (including phenoxy) is 1. The zero-order valence-corrected chi connectivity index (χ0v) is 12.4. The van der Waals surface area contributed by atoms with Crippen LogP contribution in [0.4, 0.5) is 8.78 Å². The molecular formula is C13H19F2NO3S. The van der Waals surface area contributed by atoms with Gasteiger partial charge in [-0.2, -0.15) is 4.31 Å². The summed E-state index contributed by atoms with van der Waals surface area (Å²) in [5, 5.41) is 0. The summed E-state index contributed by atoms with van der Waals surface area (Å²) in [6.07, 6.45) is -2.71. The first-order valence-corrected chi connectivity index (χ1v) is 7.76. The van der Waals surface area contributed by atoms with Crippen molar-refractivity contribution in [1.82, 2.24) is 4.31 Å². The number of aryl methyl sites for hydroxylation is 1. The number of hydrogen-bond acceptors (Lipinski definition) is 3. The van der Waals surface area contributed by atoms with Crippen molar-refractivity contribution in [2.45, 2.75) is 19.1 Å². The molecule has 0 bridgehead atoms. The minimum atomic E-state index is -3.79. The van der Waals surface area contributed by atoms with Crippen LogP contribution in [0.3, 0.4) is 0 Å². The molecule has 114 valence electrons. The largest absolute Gasteiger partial charge is 0.383 e. The van der Waals surface area contributed by atoms with Crippen LogP contribution in [0.15, 0.2) is 24.3 Å². The normalized spacial score (nSPS) is 12.3.